The van der Waals surface area contributed by atoms with Crippen LogP contribution in [0, 0.1) is 0 Å². The minimum Gasteiger partial charge on any atom is -0.805 e. The second kappa shape index (κ2) is 6.30. The van der Waals surface area contributed by atoms with Gasteiger partial charge >= 0.3 is 58.7 Å². The van der Waals surface area contributed by atoms with Crippen molar-refractivity contribution in [3.63, 3.8) is 0 Å². The first-order chi connectivity index (χ1) is 6.84. The fourth-order valence-electron chi connectivity index (χ4n) is 0.830. The van der Waals surface area contributed by atoms with E-state index < -0.39 is 7.32 Å². The molecule has 0 bridgehead atoms. The largest absolute Gasteiger partial charge is 1.00 e. The maximum absolute atomic E-state index is 11.1. The van der Waals surface area contributed by atoms with Crippen LogP contribution in [-0.2, 0) is 0 Å². The Hall–Kier alpha value is -0.319. The molecule has 0 fully saturated rings. The summed E-state index contributed by atoms with van der Waals surface area (Å²) in [6.45, 7) is 0. The number of hydrogen-bond donors (Lipinski definition) is 0. The van der Waals surface area contributed by atoms with Gasteiger partial charge in [-0.15, -0.1) is 19.9 Å². The molecule has 0 saturated heterocycles. The van der Waals surface area contributed by atoms with Crippen molar-refractivity contribution in [1.29, 1.82) is 0 Å². The van der Waals surface area contributed by atoms with E-state index in [9.17, 15) is 5.02 Å². The second-order valence-electron chi connectivity index (χ2n) is 2.32. The fourth-order valence-corrected chi connectivity index (χ4v) is 0.830. The van der Waals surface area contributed by atoms with Crippen molar-refractivity contribution in [2.45, 2.75) is 0 Å². The third kappa shape index (κ3) is 3.97. The van der Waals surface area contributed by atoms with Gasteiger partial charge in [0.2, 0.25) is 0 Å². The van der Waals surface area contributed by atoms with Gasteiger partial charge in [0.1, 0.15) is 0 Å². The molecule has 0 saturated carbocycles. The van der Waals surface area contributed by atoms with Gasteiger partial charge < -0.3 is 14.5 Å². The van der Waals surface area contributed by atoms with Gasteiger partial charge in [-0.1, -0.05) is 0 Å². The predicted octanol–water partition coefficient (Wildman–Crippen LogP) is -5.01. The average molecular weight is 232 g/mol. The second-order valence-corrected chi connectivity index (χ2v) is 2.32. The van der Waals surface area contributed by atoms with Gasteiger partial charge in [-0.25, -0.2) is 0 Å². The topological polar surface area (TPSA) is 77.2 Å². The van der Waals surface area contributed by atoms with Crippen LogP contribution in [0.4, 0.5) is 0 Å². The summed E-state index contributed by atoms with van der Waals surface area (Å²) in [4.78, 5) is 2.03. The molecule has 0 N–H and O–H groups in total. The van der Waals surface area contributed by atoms with E-state index in [0.29, 0.717) is 0 Å². The average Bonchev–Trinajstić information content (AvgIpc) is 2.76. The summed E-state index contributed by atoms with van der Waals surface area (Å²) in [6, 6.07) is 3.25. The van der Waals surface area contributed by atoms with E-state index in [2.05, 4.69) is 10.2 Å². The molecule has 0 radical (unpaired) electrons. The summed E-state index contributed by atoms with van der Waals surface area (Å²) < 4.78 is 9.39. The van der Waals surface area contributed by atoms with Crippen LogP contribution >= 0.6 is 0 Å². The summed E-state index contributed by atoms with van der Waals surface area (Å²) in [5, 5.41) is 18.4. The van der Waals surface area contributed by atoms with Crippen molar-refractivity contribution >= 4 is 7.32 Å². The Morgan fingerprint density at radius 2 is 1.47 bits per heavy atom. The Morgan fingerprint density at radius 1 is 1.00 bits per heavy atom. The molecule has 2 heterocycles. The van der Waals surface area contributed by atoms with Crippen molar-refractivity contribution in [2.24, 2.45) is 0 Å². The van der Waals surface area contributed by atoms with Crippen LogP contribution in [-0.4, -0.2) is 27.2 Å². The van der Waals surface area contributed by atoms with Crippen LogP contribution in [0.15, 0.2) is 36.9 Å². The molecular weight excluding hydrogens is 226 g/mol. The molecule has 2 aromatic rings. The molecule has 9 heteroatoms. The summed E-state index contributed by atoms with van der Waals surface area (Å²) >= 11 is 0. The van der Waals surface area contributed by atoms with Gasteiger partial charge in [0.05, 0.1) is 24.8 Å². The number of nitrogens with zero attached hydrogens (tertiary/aromatic N) is 4. The Bertz CT molecular complexity index is 331. The molecule has 0 amide bonds. The van der Waals surface area contributed by atoms with Gasteiger partial charge in [-0.05, 0) is 12.1 Å². The van der Waals surface area contributed by atoms with Crippen molar-refractivity contribution in [2.75, 3.05) is 0 Å². The van der Waals surface area contributed by atoms with Gasteiger partial charge in [0, 0.05) is 0 Å². The molecule has 15 heavy (non-hydrogen) atoms. The van der Waals surface area contributed by atoms with E-state index in [1.165, 1.54) is 24.8 Å². The number of hydrogen-bond acceptors (Lipinski definition) is 5. The molecule has 72 valence electrons. The molecule has 7 nitrogen and oxygen atoms in total. The van der Waals surface area contributed by atoms with E-state index in [-0.39, 0.29) is 51.4 Å². The summed E-state index contributed by atoms with van der Waals surface area (Å²) in [5.74, 6) is 0. The first kappa shape index (κ1) is 12.7. The van der Waals surface area contributed by atoms with Crippen molar-refractivity contribution < 1.29 is 65.9 Å². The maximum atomic E-state index is 11.1. The molecule has 0 unspecified atom stereocenters. The van der Waals surface area contributed by atoms with E-state index in [1.54, 1.807) is 12.1 Å². The van der Waals surface area contributed by atoms with Crippen LogP contribution in [0.25, 0.3) is 0 Å². The quantitative estimate of drug-likeness (QED) is 0.493. The molecule has 0 spiro atoms. The maximum Gasteiger partial charge on any atom is 1.00 e. The smallest absolute Gasteiger partial charge is 0.805 e. The van der Waals surface area contributed by atoms with Crippen LogP contribution in [0.3, 0.4) is 0 Å². The normalized spacial score (nSPS) is 9.13. The van der Waals surface area contributed by atoms with E-state index in [4.69, 9.17) is 9.51 Å². The van der Waals surface area contributed by atoms with Crippen molar-refractivity contribution in [3.8, 4) is 0 Å². The Labute approximate surface area is 128 Å². The predicted molar refractivity (Wildman–Crippen MR) is 43.4 cm³/mol. The van der Waals surface area contributed by atoms with Crippen LogP contribution in [0.2, 0.25) is 0 Å². The molecular formula is C6H6BKN4O3. The molecule has 0 aliphatic heterocycles. The van der Waals surface area contributed by atoms with Gasteiger partial charge in [0.15, 0.2) is 0 Å². The van der Waals surface area contributed by atoms with Crippen LogP contribution < -0.4 is 65.9 Å². The number of rotatable bonds is 4. The SMILES string of the molecule is [K+].[O-]B(On1cccn1)On1cccn1. The fraction of sp³-hybridized carbons (Fsp3) is 0. The summed E-state index contributed by atoms with van der Waals surface area (Å²) in [7, 11) is -1.71. The first-order valence-corrected chi connectivity index (χ1v) is 3.84. The monoisotopic (exact) mass is 232 g/mol. The van der Waals surface area contributed by atoms with Gasteiger partial charge in [0.25, 0.3) is 0 Å². The molecule has 0 aliphatic carbocycles. The molecule has 2 aromatic heterocycles. The minimum atomic E-state index is -1.71. The molecule has 0 atom stereocenters. The Kier molecular flexibility index (Phi) is 5.36. The first-order valence-electron chi connectivity index (χ1n) is 3.84. The van der Waals surface area contributed by atoms with Gasteiger partial charge in [-0.3, -0.25) is 0 Å². The minimum absolute atomic E-state index is 0. The van der Waals surface area contributed by atoms with E-state index in [0.717, 1.165) is 9.69 Å². The Balaban J connectivity index is 0.00000112. The van der Waals surface area contributed by atoms with E-state index >= 15 is 0 Å². The molecule has 0 aromatic carbocycles. The molecule has 0 aliphatic rings. The summed E-state index contributed by atoms with van der Waals surface area (Å²) in [5.41, 5.74) is 0. The van der Waals surface area contributed by atoms with Crippen molar-refractivity contribution in [3.05, 3.63) is 36.9 Å². The Morgan fingerprint density at radius 3 is 1.80 bits per heavy atom. The van der Waals surface area contributed by atoms with Crippen molar-refractivity contribution in [1.82, 2.24) is 19.9 Å². The van der Waals surface area contributed by atoms with Gasteiger partial charge in [-0.2, -0.15) is 0 Å². The summed E-state index contributed by atoms with van der Waals surface area (Å²) in [6.07, 6.45) is 5.94. The third-order valence-electron chi connectivity index (χ3n) is 1.35. The van der Waals surface area contributed by atoms with E-state index in [1.807, 2.05) is 0 Å². The standard InChI is InChI=1S/C6H6BN4O3.K/c12-7(13-10-5-1-3-8-10)14-11-6-2-4-9-11;/h1-6H;/q-1;+1. The zero-order valence-corrected chi connectivity index (χ0v) is 11.2. The molecule has 2 rings (SSSR count). The van der Waals surface area contributed by atoms with Crippen LogP contribution in [0.5, 0.6) is 0 Å². The third-order valence-corrected chi connectivity index (χ3v) is 1.35. The zero-order valence-electron chi connectivity index (χ0n) is 8.06. The van der Waals surface area contributed by atoms with Crippen LogP contribution in [0.1, 0.15) is 0 Å². The zero-order chi connectivity index (χ0) is 9.80. The number of aromatic nitrogens is 4.